The molecular formula is C12H15Cl2NO2. The Hall–Kier alpha value is -0.930. The number of carbonyl (C=O) groups excluding carboxylic acids is 1. The van der Waals surface area contributed by atoms with Gasteiger partial charge in [-0.2, -0.15) is 0 Å². The quantitative estimate of drug-likeness (QED) is 0.830. The summed E-state index contributed by atoms with van der Waals surface area (Å²) in [6.07, 6.45) is 0. The van der Waals surface area contributed by atoms with E-state index in [4.69, 9.17) is 23.2 Å². The second kappa shape index (κ2) is 6.12. The molecule has 0 aromatic heterocycles. The molecule has 1 aromatic rings. The van der Waals surface area contributed by atoms with E-state index in [2.05, 4.69) is 5.32 Å². The first kappa shape index (κ1) is 14.1. The molecule has 17 heavy (non-hydrogen) atoms. The number of phenolic OH excluding ortho intramolecular Hbond substituents is 1. The number of benzene rings is 1. The molecule has 0 radical (unpaired) electrons. The topological polar surface area (TPSA) is 49.3 Å². The Morgan fingerprint density at radius 3 is 2.59 bits per heavy atom. The van der Waals surface area contributed by atoms with Crippen LogP contribution in [0, 0.1) is 5.92 Å². The van der Waals surface area contributed by atoms with Crippen LogP contribution in [0.3, 0.4) is 0 Å². The first-order chi connectivity index (χ1) is 7.95. The van der Waals surface area contributed by atoms with Crippen molar-refractivity contribution in [3.05, 3.63) is 28.8 Å². The van der Waals surface area contributed by atoms with Gasteiger partial charge in [0.15, 0.2) is 0 Å². The van der Waals surface area contributed by atoms with Crippen molar-refractivity contribution in [2.75, 3.05) is 5.88 Å². The summed E-state index contributed by atoms with van der Waals surface area (Å²) >= 11 is 11.5. The van der Waals surface area contributed by atoms with Crippen molar-refractivity contribution in [2.45, 2.75) is 19.9 Å². The molecule has 2 N–H and O–H groups in total. The van der Waals surface area contributed by atoms with Crippen molar-refractivity contribution in [3.63, 3.8) is 0 Å². The molecule has 1 amide bonds. The fourth-order valence-electron chi connectivity index (χ4n) is 1.28. The van der Waals surface area contributed by atoms with E-state index >= 15 is 0 Å². The van der Waals surface area contributed by atoms with Crippen molar-refractivity contribution >= 4 is 29.1 Å². The summed E-state index contributed by atoms with van der Waals surface area (Å²) in [6.45, 7) is 3.97. The largest absolute Gasteiger partial charge is 0.506 e. The van der Waals surface area contributed by atoms with E-state index in [1.165, 1.54) is 18.2 Å². The van der Waals surface area contributed by atoms with E-state index in [0.717, 1.165) is 0 Å². The van der Waals surface area contributed by atoms with Crippen molar-refractivity contribution in [1.82, 2.24) is 5.32 Å². The van der Waals surface area contributed by atoms with Gasteiger partial charge in [-0.15, -0.1) is 11.6 Å². The Labute approximate surface area is 111 Å². The van der Waals surface area contributed by atoms with Crippen LogP contribution in [0.15, 0.2) is 18.2 Å². The molecule has 1 aromatic carbocycles. The highest BCUT2D eigenvalue weighted by Crippen LogP contribution is 2.23. The Kier molecular flexibility index (Phi) is 5.09. The summed E-state index contributed by atoms with van der Waals surface area (Å²) in [5.74, 6) is 0.325. The average molecular weight is 276 g/mol. The molecule has 1 atom stereocenters. The number of hydrogen-bond acceptors (Lipinski definition) is 2. The summed E-state index contributed by atoms with van der Waals surface area (Å²) in [7, 11) is 0. The summed E-state index contributed by atoms with van der Waals surface area (Å²) < 4.78 is 0. The van der Waals surface area contributed by atoms with E-state index in [9.17, 15) is 9.90 Å². The second-order valence-electron chi connectivity index (χ2n) is 4.14. The Bertz CT molecular complexity index is 407. The molecule has 0 aliphatic heterocycles. The Morgan fingerprint density at radius 2 is 2.12 bits per heavy atom. The highest BCUT2D eigenvalue weighted by atomic mass is 35.5. The predicted octanol–water partition coefficient (Wildman–Crippen LogP) is 3.04. The van der Waals surface area contributed by atoms with Crippen molar-refractivity contribution in [2.24, 2.45) is 5.92 Å². The number of aromatic hydroxyl groups is 1. The van der Waals surface area contributed by atoms with Crippen molar-refractivity contribution < 1.29 is 9.90 Å². The molecule has 0 spiro atoms. The summed E-state index contributed by atoms with van der Waals surface area (Å²) in [5.41, 5.74) is 0.406. The first-order valence-electron chi connectivity index (χ1n) is 5.31. The maximum absolute atomic E-state index is 11.9. The molecule has 94 valence electrons. The van der Waals surface area contributed by atoms with Crippen molar-refractivity contribution in [3.8, 4) is 5.75 Å². The van der Waals surface area contributed by atoms with Gasteiger partial charge >= 0.3 is 0 Å². The third kappa shape index (κ3) is 3.79. The van der Waals surface area contributed by atoms with Gasteiger partial charge in [-0.25, -0.2) is 0 Å². The lowest BCUT2D eigenvalue weighted by Crippen LogP contribution is -2.39. The monoisotopic (exact) mass is 275 g/mol. The predicted molar refractivity (Wildman–Crippen MR) is 69.9 cm³/mol. The minimum Gasteiger partial charge on any atom is -0.506 e. The molecule has 0 fully saturated rings. The van der Waals surface area contributed by atoms with Gasteiger partial charge in [0.1, 0.15) is 5.75 Å². The molecular weight excluding hydrogens is 261 g/mol. The SMILES string of the molecule is CC(C)C(CCl)NC(=O)c1ccc(O)c(Cl)c1. The molecule has 0 saturated carbocycles. The number of carbonyl (C=O) groups is 1. The van der Waals surface area contributed by atoms with Crippen LogP contribution in [0.2, 0.25) is 5.02 Å². The lowest BCUT2D eigenvalue weighted by atomic mass is 10.1. The average Bonchev–Trinajstić information content (AvgIpc) is 2.28. The van der Waals surface area contributed by atoms with Gasteiger partial charge in [-0.05, 0) is 24.1 Å². The summed E-state index contributed by atoms with van der Waals surface area (Å²) in [5, 5.41) is 12.2. The maximum atomic E-state index is 11.9. The Balaban J connectivity index is 2.79. The fourth-order valence-corrected chi connectivity index (χ4v) is 1.90. The van der Waals surface area contributed by atoms with E-state index in [1.807, 2.05) is 13.8 Å². The van der Waals surface area contributed by atoms with Crippen LogP contribution < -0.4 is 5.32 Å². The molecule has 1 rings (SSSR count). The van der Waals surface area contributed by atoms with Crippen molar-refractivity contribution in [1.29, 1.82) is 0 Å². The zero-order chi connectivity index (χ0) is 13.0. The fraction of sp³-hybridized carbons (Fsp3) is 0.417. The van der Waals surface area contributed by atoms with Gasteiger partial charge in [0.05, 0.1) is 5.02 Å². The number of phenols is 1. The van der Waals surface area contributed by atoms with Gasteiger partial charge < -0.3 is 10.4 Å². The second-order valence-corrected chi connectivity index (χ2v) is 4.86. The normalized spacial score (nSPS) is 12.5. The van der Waals surface area contributed by atoms with Gasteiger partial charge in [-0.3, -0.25) is 4.79 Å². The molecule has 5 heteroatoms. The van der Waals surface area contributed by atoms with Crippen LogP contribution in [-0.4, -0.2) is 22.9 Å². The minimum atomic E-state index is -0.244. The van der Waals surface area contributed by atoms with E-state index in [-0.39, 0.29) is 28.6 Å². The highest BCUT2D eigenvalue weighted by molar-refractivity contribution is 6.32. The number of alkyl halides is 1. The van der Waals surface area contributed by atoms with Gasteiger partial charge in [0, 0.05) is 17.5 Å². The maximum Gasteiger partial charge on any atom is 0.251 e. The van der Waals surface area contributed by atoms with E-state index in [1.54, 1.807) is 0 Å². The zero-order valence-corrected chi connectivity index (χ0v) is 11.2. The number of rotatable bonds is 4. The van der Waals surface area contributed by atoms with Crippen LogP contribution in [0.1, 0.15) is 24.2 Å². The first-order valence-corrected chi connectivity index (χ1v) is 6.22. The highest BCUT2D eigenvalue weighted by Gasteiger charge is 2.16. The van der Waals surface area contributed by atoms with Gasteiger partial charge in [0.25, 0.3) is 5.91 Å². The molecule has 0 aliphatic rings. The molecule has 0 saturated heterocycles. The zero-order valence-electron chi connectivity index (χ0n) is 9.71. The lowest BCUT2D eigenvalue weighted by molar-refractivity contribution is 0.0931. The summed E-state index contributed by atoms with van der Waals surface area (Å²) in [4.78, 5) is 11.9. The standard InChI is InChI=1S/C12H15Cl2NO2/c1-7(2)10(6-13)15-12(17)8-3-4-11(16)9(14)5-8/h3-5,7,10,16H,6H2,1-2H3,(H,15,17). The Morgan fingerprint density at radius 1 is 1.47 bits per heavy atom. The van der Waals surface area contributed by atoms with Crippen LogP contribution in [0.5, 0.6) is 5.75 Å². The van der Waals surface area contributed by atoms with Gasteiger partial charge in [0.2, 0.25) is 0 Å². The van der Waals surface area contributed by atoms with E-state index in [0.29, 0.717) is 11.4 Å². The number of nitrogens with one attached hydrogen (secondary N) is 1. The molecule has 3 nitrogen and oxygen atoms in total. The van der Waals surface area contributed by atoms with Crippen LogP contribution in [0.25, 0.3) is 0 Å². The molecule has 0 bridgehead atoms. The summed E-state index contributed by atoms with van der Waals surface area (Å²) in [6, 6.07) is 4.25. The molecule has 1 unspecified atom stereocenters. The third-order valence-electron chi connectivity index (χ3n) is 2.50. The van der Waals surface area contributed by atoms with E-state index < -0.39 is 0 Å². The third-order valence-corrected chi connectivity index (χ3v) is 3.13. The van der Waals surface area contributed by atoms with Crippen LogP contribution in [-0.2, 0) is 0 Å². The smallest absolute Gasteiger partial charge is 0.251 e. The minimum absolute atomic E-state index is 0.0408. The number of halogens is 2. The van der Waals surface area contributed by atoms with Crippen LogP contribution >= 0.6 is 23.2 Å². The number of amides is 1. The molecule has 0 aliphatic carbocycles. The lowest BCUT2D eigenvalue weighted by Gasteiger charge is -2.19. The molecule has 0 heterocycles. The van der Waals surface area contributed by atoms with Gasteiger partial charge in [-0.1, -0.05) is 25.4 Å². The number of hydrogen-bond donors (Lipinski definition) is 2. The van der Waals surface area contributed by atoms with Crippen LogP contribution in [0.4, 0.5) is 0 Å².